The molecule has 2 N–H and O–H groups in total. The average molecular weight is 440 g/mol. The molecule has 2 rings (SSSR count). The van der Waals surface area contributed by atoms with E-state index < -0.39 is 6.04 Å². The van der Waals surface area contributed by atoms with E-state index in [1.165, 1.54) is 14.8 Å². The first kappa shape index (κ1) is 25.0. The maximum Gasteiger partial charge on any atom is 0.259 e. The fourth-order valence-corrected chi connectivity index (χ4v) is 3.25. The minimum atomic E-state index is -0.707. The molecule has 0 saturated heterocycles. The van der Waals surface area contributed by atoms with Crippen LogP contribution in [0.4, 0.5) is 0 Å². The summed E-state index contributed by atoms with van der Waals surface area (Å²) in [6.07, 6.45) is 0.371. The van der Waals surface area contributed by atoms with E-state index in [2.05, 4.69) is 0 Å². The smallest absolute Gasteiger partial charge is 0.259 e. The van der Waals surface area contributed by atoms with Gasteiger partial charge in [-0.1, -0.05) is 42.5 Å². The zero-order chi connectivity index (χ0) is 23.8. The Morgan fingerprint density at radius 2 is 1.50 bits per heavy atom. The fraction of sp³-hybridized carbons (Fsp3) is 0.375. The number of nitrogens with zero attached hydrogens (tertiary/aromatic N) is 4. The third kappa shape index (κ3) is 6.38. The van der Waals surface area contributed by atoms with E-state index in [1.807, 2.05) is 36.4 Å². The van der Waals surface area contributed by atoms with Gasteiger partial charge in [-0.3, -0.25) is 19.4 Å². The number of likely N-dealkylation sites (N-methyl/N-ethyl adjacent to an activating group) is 3. The summed E-state index contributed by atoms with van der Waals surface area (Å²) in [7, 11) is 8.37. The van der Waals surface area contributed by atoms with Crippen molar-refractivity contribution in [2.75, 3.05) is 41.8 Å². The minimum absolute atomic E-state index is 0.146. The molecular formula is C24H33N5O3. The average Bonchev–Trinajstić information content (AvgIpc) is 2.81. The molecule has 8 heteroatoms. The molecule has 172 valence electrons. The van der Waals surface area contributed by atoms with Crippen molar-refractivity contribution < 1.29 is 14.4 Å². The molecule has 0 aliphatic rings. The summed E-state index contributed by atoms with van der Waals surface area (Å²) in [5.41, 5.74) is 7.91. The second-order valence-electron chi connectivity index (χ2n) is 7.98. The maximum atomic E-state index is 13.1. The van der Waals surface area contributed by atoms with E-state index in [4.69, 9.17) is 5.73 Å². The molecule has 8 nitrogen and oxygen atoms in total. The van der Waals surface area contributed by atoms with Gasteiger partial charge in [-0.05, 0) is 23.3 Å². The standard InChI is InChI=1S/C24H33N5O3/c1-26(2)29(5)24(32)21(15-18-10-7-6-8-11-18)28(4)22(30)17-27(3)23(31)20-13-9-12-19(14-20)16-25/h6-14,21H,15-17,25H2,1-5H3. The van der Waals surface area contributed by atoms with Gasteiger partial charge in [0.25, 0.3) is 11.8 Å². The van der Waals surface area contributed by atoms with E-state index in [0.717, 1.165) is 11.1 Å². The summed E-state index contributed by atoms with van der Waals surface area (Å²) in [5, 5.41) is 3.14. The first-order chi connectivity index (χ1) is 15.1. The number of amides is 3. The van der Waals surface area contributed by atoms with Gasteiger partial charge >= 0.3 is 0 Å². The van der Waals surface area contributed by atoms with Gasteiger partial charge in [-0.2, -0.15) is 0 Å². The highest BCUT2D eigenvalue weighted by atomic mass is 16.2. The van der Waals surface area contributed by atoms with Crippen LogP contribution in [0, 0.1) is 0 Å². The molecule has 0 aromatic heterocycles. The first-order valence-corrected chi connectivity index (χ1v) is 10.4. The van der Waals surface area contributed by atoms with Crippen molar-refractivity contribution in [1.82, 2.24) is 19.8 Å². The maximum absolute atomic E-state index is 13.1. The molecule has 0 aliphatic heterocycles. The molecule has 0 saturated carbocycles. The normalized spacial score (nSPS) is 11.7. The van der Waals surface area contributed by atoms with E-state index in [9.17, 15) is 14.4 Å². The van der Waals surface area contributed by atoms with Crippen LogP contribution >= 0.6 is 0 Å². The van der Waals surface area contributed by atoms with Crippen LogP contribution in [0.1, 0.15) is 21.5 Å². The summed E-state index contributed by atoms with van der Waals surface area (Å²) >= 11 is 0. The summed E-state index contributed by atoms with van der Waals surface area (Å²) < 4.78 is 0. The molecule has 1 atom stereocenters. The van der Waals surface area contributed by atoms with Crippen LogP contribution in [0.25, 0.3) is 0 Å². The van der Waals surface area contributed by atoms with Gasteiger partial charge in [0.15, 0.2) is 0 Å². The number of hydrogen-bond acceptors (Lipinski definition) is 5. The van der Waals surface area contributed by atoms with Gasteiger partial charge in [0.2, 0.25) is 5.91 Å². The predicted molar refractivity (Wildman–Crippen MR) is 124 cm³/mol. The third-order valence-corrected chi connectivity index (χ3v) is 5.47. The van der Waals surface area contributed by atoms with E-state index in [0.29, 0.717) is 18.5 Å². The lowest BCUT2D eigenvalue weighted by atomic mass is 10.0. The summed E-state index contributed by atoms with van der Waals surface area (Å²) in [4.78, 5) is 41.8. The topological polar surface area (TPSA) is 90.2 Å². The molecule has 0 heterocycles. The second kappa shape index (κ2) is 11.4. The van der Waals surface area contributed by atoms with Crippen molar-refractivity contribution >= 4 is 17.7 Å². The Labute approximate surface area is 190 Å². The van der Waals surface area contributed by atoms with Crippen molar-refractivity contribution in [2.45, 2.75) is 19.0 Å². The van der Waals surface area contributed by atoms with E-state index >= 15 is 0 Å². The van der Waals surface area contributed by atoms with Crippen LogP contribution in [0.5, 0.6) is 0 Å². The van der Waals surface area contributed by atoms with Crippen LogP contribution < -0.4 is 5.73 Å². The van der Waals surface area contributed by atoms with Crippen LogP contribution in [0.3, 0.4) is 0 Å². The Balaban J connectivity index is 2.18. The second-order valence-corrected chi connectivity index (χ2v) is 7.98. The van der Waals surface area contributed by atoms with Crippen LogP contribution in [-0.2, 0) is 22.6 Å². The highest BCUT2D eigenvalue weighted by molar-refractivity contribution is 5.97. The fourth-order valence-electron chi connectivity index (χ4n) is 3.25. The van der Waals surface area contributed by atoms with E-state index in [1.54, 1.807) is 58.4 Å². The van der Waals surface area contributed by atoms with Gasteiger partial charge in [-0.25, -0.2) is 5.01 Å². The number of carbonyl (C=O) groups excluding carboxylic acids is 3. The number of rotatable bonds is 9. The van der Waals surface area contributed by atoms with Gasteiger partial charge in [0.05, 0.1) is 6.54 Å². The molecule has 3 amide bonds. The van der Waals surface area contributed by atoms with Crippen molar-refractivity contribution in [3.8, 4) is 0 Å². The van der Waals surface area contributed by atoms with Crippen molar-refractivity contribution in [1.29, 1.82) is 0 Å². The molecule has 0 bridgehead atoms. The Morgan fingerprint density at radius 3 is 2.09 bits per heavy atom. The van der Waals surface area contributed by atoms with Crippen LogP contribution in [0.2, 0.25) is 0 Å². The zero-order valence-corrected chi connectivity index (χ0v) is 19.5. The Hall–Kier alpha value is -3.23. The highest BCUT2D eigenvalue weighted by Gasteiger charge is 2.31. The summed E-state index contributed by atoms with van der Waals surface area (Å²) in [6, 6.07) is 15.9. The summed E-state index contributed by atoms with van der Waals surface area (Å²) in [6.45, 7) is 0.182. The third-order valence-electron chi connectivity index (χ3n) is 5.47. The molecule has 1 unspecified atom stereocenters. The number of carbonyl (C=O) groups is 3. The molecule has 2 aromatic carbocycles. The number of hydrogen-bond donors (Lipinski definition) is 1. The monoisotopic (exact) mass is 439 g/mol. The molecular weight excluding hydrogens is 406 g/mol. The number of benzene rings is 2. The minimum Gasteiger partial charge on any atom is -0.332 e. The summed E-state index contributed by atoms with van der Waals surface area (Å²) in [5.74, 6) is -0.810. The molecule has 0 radical (unpaired) electrons. The van der Waals surface area contributed by atoms with Gasteiger partial charge in [0, 0.05) is 53.8 Å². The van der Waals surface area contributed by atoms with Crippen molar-refractivity contribution in [2.24, 2.45) is 5.73 Å². The van der Waals surface area contributed by atoms with Crippen molar-refractivity contribution in [3.05, 3.63) is 71.3 Å². The predicted octanol–water partition coefficient (Wildman–Crippen LogP) is 1.22. The highest BCUT2D eigenvalue weighted by Crippen LogP contribution is 2.13. The molecule has 0 fully saturated rings. The number of nitrogens with two attached hydrogens (primary N) is 1. The van der Waals surface area contributed by atoms with Gasteiger partial charge < -0.3 is 15.5 Å². The Bertz CT molecular complexity index is 932. The zero-order valence-electron chi connectivity index (χ0n) is 19.5. The molecule has 0 aliphatic carbocycles. The number of hydrazine groups is 1. The van der Waals surface area contributed by atoms with Crippen LogP contribution in [-0.4, -0.2) is 85.4 Å². The molecule has 2 aromatic rings. The Morgan fingerprint density at radius 1 is 0.875 bits per heavy atom. The lowest BCUT2D eigenvalue weighted by Crippen LogP contribution is -2.54. The van der Waals surface area contributed by atoms with Crippen molar-refractivity contribution in [3.63, 3.8) is 0 Å². The van der Waals surface area contributed by atoms with E-state index in [-0.39, 0.29) is 24.3 Å². The molecule has 32 heavy (non-hydrogen) atoms. The lowest BCUT2D eigenvalue weighted by molar-refractivity contribution is -0.152. The lowest BCUT2D eigenvalue weighted by Gasteiger charge is -2.34. The Kier molecular flexibility index (Phi) is 8.92. The largest absolute Gasteiger partial charge is 0.332 e. The van der Waals surface area contributed by atoms with Crippen LogP contribution in [0.15, 0.2) is 54.6 Å². The molecule has 0 spiro atoms. The SMILES string of the molecule is CN(CC(=O)N(C)C(Cc1ccccc1)C(=O)N(C)N(C)C)C(=O)c1cccc(CN)c1. The first-order valence-electron chi connectivity index (χ1n) is 10.4. The quantitative estimate of drug-likeness (QED) is 0.594. The van der Waals surface area contributed by atoms with Gasteiger partial charge in [-0.15, -0.1) is 0 Å². The van der Waals surface area contributed by atoms with Gasteiger partial charge in [0.1, 0.15) is 6.04 Å².